The van der Waals surface area contributed by atoms with Crippen molar-refractivity contribution >= 4 is 28.8 Å². The summed E-state index contributed by atoms with van der Waals surface area (Å²) >= 11 is 0. The summed E-state index contributed by atoms with van der Waals surface area (Å²) in [6, 6.07) is 18.6. The van der Waals surface area contributed by atoms with Crippen LogP contribution in [0.5, 0.6) is 0 Å². The predicted octanol–water partition coefficient (Wildman–Crippen LogP) is 3.78. The summed E-state index contributed by atoms with van der Waals surface area (Å²) in [7, 11) is 0. The molecule has 0 bridgehead atoms. The quantitative estimate of drug-likeness (QED) is 0.534. The molecule has 0 aromatic heterocycles. The van der Waals surface area contributed by atoms with Crippen LogP contribution in [0.15, 0.2) is 65.8 Å². The molecule has 4 nitrogen and oxygen atoms in total. The van der Waals surface area contributed by atoms with Crippen molar-refractivity contribution in [3.63, 3.8) is 0 Å². The smallest absolute Gasteiger partial charge is 0.267 e. The van der Waals surface area contributed by atoms with E-state index in [0.29, 0.717) is 16.5 Å². The number of rotatable bonds is 2. The van der Waals surface area contributed by atoms with Gasteiger partial charge in [-0.05, 0) is 35.6 Å². The standard InChI is InChI=1S/C20H14N2O2/c1-13-6-2-3-7-15(13)12-21-22-19(23)16-10-4-8-14-9-5-11-17(18(14)16)20(22)24/h2-12H,1H3/b21-12-. The lowest BCUT2D eigenvalue weighted by atomic mass is 9.95. The van der Waals surface area contributed by atoms with E-state index in [2.05, 4.69) is 5.10 Å². The Labute approximate surface area is 139 Å². The van der Waals surface area contributed by atoms with Gasteiger partial charge in [0.1, 0.15) is 0 Å². The van der Waals surface area contributed by atoms with Gasteiger partial charge in [-0.3, -0.25) is 9.59 Å². The number of benzene rings is 3. The van der Waals surface area contributed by atoms with Gasteiger partial charge in [0.05, 0.1) is 17.3 Å². The zero-order valence-corrected chi connectivity index (χ0v) is 13.1. The Morgan fingerprint density at radius 2 is 1.46 bits per heavy atom. The van der Waals surface area contributed by atoms with Crippen molar-refractivity contribution in [3.05, 3.63) is 82.9 Å². The van der Waals surface area contributed by atoms with Crippen LogP contribution in [0.25, 0.3) is 10.8 Å². The highest BCUT2D eigenvalue weighted by Gasteiger charge is 2.32. The van der Waals surface area contributed by atoms with Gasteiger partial charge < -0.3 is 0 Å². The lowest BCUT2D eigenvalue weighted by Gasteiger charge is -2.23. The number of hydrazone groups is 1. The topological polar surface area (TPSA) is 49.7 Å². The number of imide groups is 1. The maximum absolute atomic E-state index is 12.7. The molecule has 3 aromatic carbocycles. The fourth-order valence-corrected chi connectivity index (χ4v) is 2.97. The molecule has 0 saturated carbocycles. The summed E-state index contributed by atoms with van der Waals surface area (Å²) in [5, 5.41) is 6.71. The zero-order valence-electron chi connectivity index (χ0n) is 13.1. The third kappa shape index (κ3) is 2.12. The fraction of sp³-hybridized carbons (Fsp3) is 0.0500. The molecule has 0 saturated heterocycles. The Morgan fingerprint density at radius 3 is 2.08 bits per heavy atom. The first-order valence-corrected chi connectivity index (χ1v) is 7.67. The third-order valence-electron chi connectivity index (χ3n) is 4.25. The fourth-order valence-electron chi connectivity index (χ4n) is 2.97. The van der Waals surface area contributed by atoms with E-state index in [1.54, 1.807) is 18.3 Å². The summed E-state index contributed by atoms with van der Waals surface area (Å²) in [5.74, 6) is -0.789. The Kier molecular flexibility index (Phi) is 3.24. The number of hydrogen-bond acceptors (Lipinski definition) is 3. The molecule has 4 heteroatoms. The van der Waals surface area contributed by atoms with Crippen molar-refractivity contribution in [2.75, 3.05) is 0 Å². The lowest BCUT2D eigenvalue weighted by Crippen LogP contribution is -2.36. The van der Waals surface area contributed by atoms with E-state index in [9.17, 15) is 9.59 Å². The summed E-state index contributed by atoms with van der Waals surface area (Å²) in [5.41, 5.74) is 2.91. The van der Waals surface area contributed by atoms with Crippen molar-refractivity contribution in [2.45, 2.75) is 6.92 Å². The SMILES string of the molecule is Cc1ccccc1/C=N\N1C(=O)c2cccc3cccc(c23)C1=O. The molecule has 24 heavy (non-hydrogen) atoms. The minimum absolute atomic E-state index is 0.394. The average Bonchev–Trinajstić information content (AvgIpc) is 2.61. The first-order chi connectivity index (χ1) is 11.7. The Hall–Kier alpha value is -3.27. The van der Waals surface area contributed by atoms with E-state index < -0.39 is 11.8 Å². The molecule has 116 valence electrons. The molecule has 0 radical (unpaired) electrons. The predicted molar refractivity (Wildman–Crippen MR) is 93.2 cm³/mol. The van der Waals surface area contributed by atoms with Crippen molar-refractivity contribution in [1.82, 2.24) is 5.01 Å². The number of hydrogen-bond donors (Lipinski definition) is 0. The number of aryl methyl sites for hydroxylation is 1. The second-order valence-electron chi connectivity index (χ2n) is 5.73. The van der Waals surface area contributed by atoms with E-state index in [-0.39, 0.29) is 0 Å². The van der Waals surface area contributed by atoms with Gasteiger partial charge in [0, 0.05) is 5.39 Å². The van der Waals surface area contributed by atoms with Crippen LogP contribution in [0.2, 0.25) is 0 Å². The van der Waals surface area contributed by atoms with E-state index in [1.807, 2.05) is 55.5 Å². The van der Waals surface area contributed by atoms with Crippen molar-refractivity contribution in [2.24, 2.45) is 5.10 Å². The maximum Gasteiger partial charge on any atom is 0.282 e. The van der Waals surface area contributed by atoms with Crippen LogP contribution in [-0.4, -0.2) is 23.0 Å². The van der Waals surface area contributed by atoms with E-state index in [1.165, 1.54) is 0 Å². The average molecular weight is 314 g/mol. The highest BCUT2D eigenvalue weighted by Crippen LogP contribution is 2.30. The molecule has 0 unspecified atom stereocenters. The minimum Gasteiger partial charge on any atom is -0.267 e. The van der Waals surface area contributed by atoms with Gasteiger partial charge in [0.15, 0.2) is 0 Å². The maximum atomic E-state index is 12.7. The van der Waals surface area contributed by atoms with Gasteiger partial charge in [-0.1, -0.05) is 48.5 Å². The van der Waals surface area contributed by atoms with Gasteiger partial charge >= 0.3 is 0 Å². The van der Waals surface area contributed by atoms with Crippen LogP contribution in [0.1, 0.15) is 31.8 Å². The molecule has 1 aliphatic rings. The molecule has 0 atom stereocenters. The summed E-state index contributed by atoms with van der Waals surface area (Å²) < 4.78 is 0. The second-order valence-corrected chi connectivity index (χ2v) is 5.73. The van der Waals surface area contributed by atoms with Crippen molar-refractivity contribution in [3.8, 4) is 0 Å². The summed E-state index contributed by atoms with van der Waals surface area (Å²) in [6.07, 6.45) is 1.55. The normalized spacial score (nSPS) is 14.0. The van der Waals surface area contributed by atoms with Gasteiger partial charge in [0.25, 0.3) is 11.8 Å². The highest BCUT2D eigenvalue weighted by molar-refractivity contribution is 6.25. The third-order valence-corrected chi connectivity index (χ3v) is 4.25. The van der Waals surface area contributed by atoms with Gasteiger partial charge in [-0.25, -0.2) is 0 Å². The van der Waals surface area contributed by atoms with E-state index >= 15 is 0 Å². The second kappa shape index (κ2) is 5.42. The summed E-state index contributed by atoms with van der Waals surface area (Å²) in [4.78, 5) is 25.4. The highest BCUT2D eigenvalue weighted by atomic mass is 16.2. The molecule has 0 fully saturated rings. The van der Waals surface area contributed by atoms with Gasteiger partial charge in [0.2, 0.25) is 0 Å². The molecule has 0 spiro atoms. The molecular weight excluding hydrogens is 300 g/mol. The van der Waals surface area contributed by atoms with Crippen LogP contribution < -0.4 is 0 Å². The Morgan fingerprint density at radius 1 is 0.833 bits per heavy atom. The summed E-state index contributed by atoms with van der Waals surface area (Å²) in [6.45, 7) is 1.96. The van der Waals surface area contributed by atoms with Crippen LogP contribution in [0.3, 0.4) is 0 Å². The molecule has 0 N–H and O–H groups in total. The van der Waals surface area contributed by atoms with Crippen LogP contribution in [-0.2, 0) is 0 Å². The molecule has 0 aliphatic carbocycles. The molecule has 1 aliphatic heterocycles. The molecule has 1 heterocycles. The zero-order chi connectivity index (χ0) is 16.7. The number of carbonyl (C=O) groups excluding carboxylic acids is 2. The van der Waals surface area contributed by atoms with Crippen molar-refractivity contribution in [1.29, 1.82) is 0 Å². The lowest BCUT2D eigenvalue weighted by molar-refractivity contribution is 0.0616. The van der Waals surface area contributed by atoms with Gasteiger partial charge in [-0.2, -0.15) is 10.1 Å². The number of carbonyl (C=O) groups is 2. The largest absolute Gasteiger partial charge is 0.282 e. The Balaban J connectivity index is 1.81. The Bertz CT molecular complexity index is 970. The molecule has 3 aromatic rings. The molecule has 4 rings (SSSR count). The van der Waals surface area contributed by atoms with E-state index in [4.69, 9.17) is 0 Å². The van der Waals surface area contributed by atoms with Gasteiger partial charge in [-0.15, -0.1) is 0 Å². The first kappa shape index (κ1) is 14.3. The minimum atomic E-state index is -0.394. The van der Waals surface area contributed by atoms with Crippen LogP contribution >= 0.6 is 0 Å². The van der Waals surface area contributed by atoms with Crippen LogP contribution in [0.4, 0.5) is 0 Å². The number of amides is 2. The van der Waals surface area contributed by atoms with Crippen LogP contribution in [0, 0.1) is 6.92 Å². The van der Waals surface area contributed by atoms with Crippen molar-refractivity contribution < 1.29 is 9.59 Å². The molecular formula is C20H14N2O2. The monoisotopic (exact) mass is 314 g/mol. The van der Waals surface area contributed by atoms with E-state index in [0.717, 1.165) is 21.5 Å². The molecule has 2 amide bonds. The number of nitrogens with zero attached hydrogens (tertiary/aromatic N) is 2. The first-order valence-electron chi connectivity index (χ1n) is 7.67.